The minimum absolute atomic E-state index is 0.0393. The molecule has 0 spiro atoms. The van der Waals surface area contributed by atoms with Gasteiger partial charge in [0.1, 0.15) is 6.10 Å². The van der Waals surface area contributed by atoms with Gasteiger partial charge in [0.15, 0.2) is 0 Å². The third-order valence-electron chi connectivity index (χ3n) is 10.3. The molecule has 0 bridgehead atoms. The van der Waals surface area contributed by atoms with Crippen molar-refractivity contribution in [2.75, 3.05) is 0 Å². The number of aliphatic hydroxyl groups is 1. The Labute approximate surface area is 263 Å². The minimum atomic E-state index is -0.855. The molecule has 0 saturated carbocycles. The van der Waals surface area contributed by atoms with Gasteiger partial charge < -0.3 is 29.2 Å². The SMILES string of the molecule is CCC[C@H](C[C@@H]1CC[C@H]([C@@H](C)[C@H](O)[C@H](C)[C@@H]2CC[C@H]([C@@H](C)C(=O)O[C@@H](CCC)C[C@@H]3CC[C@H]([C@H](C)C(=O)O)O3)O2)O1)N=[N+]=[N-]. The van der Waals surface area contributed by atoms with Crippen molar-refractivity contribution in [2.45, 2.75) is 173 Å². The van der Waals surface area contributed by atoms with Crippen LogP contribution in [0.25, 0.3) is 10.4 Å². The van der Waals surface area contributed by atoms with E-state index in [1.165, 1.54) is 0 Å². The Morgan fingerprint density at radius 3 is 1.95 bits per heavy atom. The molecule has 3 rings (SSSR count). The molecule has 252 valence electrons. The highest BCUT2D eigenvalue weighted by molar-refractivity contribution is 5.73. The van der Waals surface area contributed by atoms with Crippen LogP contribution in [0.4, 0.5) is 0 Å². The van der Waals surface area contributed by atoms with Crippen molar-refractivity contribution >= 4 is 11.9 Å². The number of aliphatic carboxylic acids is 1. The first-order valence-corrected chi connectivity index (χ1v) is 17.1. The van der Waals surface area contributed by atoms with Gasteiger partial charge in [0, 0.05) is 29.2 Å². The molecule has 0 radical (unpaired) electrons. The fourth-order valence-electron chi connectivity index (χ4n) is 7.29. The number of nitrogens with zero attached hydrogens (tertiary/aromatic N) is 3. The maximum Gasteiger partial charge on any atom is 0.311 e. The second-order valence-corrected chi connectivity index (χ2v) is 13.6. The highest BCUT2D eigenvalue weighted by atomic mass is 16.6. The highest BCUT2D eigenvalue weighted by Crippen LogP contribution is 2.37. The second-order valence-electron chi connectivity index (χ2n) is 13.6. The summed E-state index contributed by atoms with van der Waals surface area (Å²) in [6, 6.07) is -0.0568. The summed E-state index contributed by atoms with van der Waals surface area (Å²) in [5, 5.41) is 24.6. The van der Waals surface area contributed by atoms with Gasteiger partial charge in [-0.15, -0.1) is 0 Å². The molecule has 0 aromatic rings. The van der Waals surface area contributed by atoms with E-state index >= 15 is 0 Å². The van der Waals surface area contributed by atoms with Crippen LogP contribution in [0.3, 0.4) is 0 Å². The van der Waals surface area contributed by atoms with Crippen molar-refractivity contribution in [1.29, 1.82) is 0 Å². The molecule has 3 aliphatic rings. The number of carbonyl (C=O) groups is 2. The molecule has 3 heterocycles. The fraction of sp³-hybridized carbons (Fsp3) is 0.939. The van der Waals surface area contributed by atoms with E-state index in [4.69, 9.17) is 24.5 Å². The topological polar surface area (TPSA) is 160 Å². The molecular weight excluding hydrogens is 566 g/mol. The van der Waals surface area contributed by atoms with E-state index in [1.807, 2.05) is 20.8 Å². The van der Waals surface area contributed by atoms with Gasteiger partial charge in [-0.05, 0) is 77.2 Å². The predicted octanol–water partition coefficient (Wildman–Crippen LogP) is 6.59. The number of hydrogen-bond acceptors (Lipinski definition) is 8. The van der Waals surface area contributed by atoms with Crippen LogP contribution in [0.2, 0.25) is 0 Å². The van der Waals surface area contributed by atoms with Crippen molar-refractivity contribution < 1.29 is 38.7 Å². The molecule has 13 atom stereocenters. The third kappa shape index (κ3) is 10.0. The van der Waals surface area contributed by atoms with E-state index in [1.54, 1.807) is 6.92 Å². The van der Waals surface area contributed by atoms with Crippen LogP contribution in [0.1, 0.15) is 119 Å². The Morgan fingerprint density at radius 1 is 0.818 bits per heavy atom. The monoisotopic (exact) mass is 623 g/mol. The van der Waals surface area contributed by atoms with Gasteiger partial charge in [-0.1, -0.05) is 45.7 Å². The summed E-state index contributed by atoms with van der Waals surface area (Å²) in [6.45, 7) is 11.7. The Balaban J connectivity index is 1.46. The maximum absolute atomic E-state index is 13.2. The Hall–Kier alpha value is -1.91. The number of carbonyl (C=O) groups excluding carboxylic acids is 1. The van der Waals surface area contributed by atoms with Crippen LogP contribution in [0, 0.1) is 23.7 Å². The summed E-state index contributed by atoms with van der Waals surface area (Å²) in [5.74, 6) is -2.32. The van der Waals surface area contributed by atoms with Gasteiger partial charge >= 0.3 is 11.9 Å². The van der Waals surface area contributed by atoms with Gasteiger partial charge in [0.05, 0.1) is 54.6 Å². The number of hydrogen-bond donors (Lipinski definition) is 2. The smallest absolute Gasteiger partial charge is 0.311 e. The number of aliphatic hydroxyl groups excluding tert-OH is 1. The van der Waals surface area contributed by atoms with E-state index in [9.17, 15) is 19.8 Å². The van der Waals surface area contributed by atoms with Crippen LogP contribution < -0.4 is 0 Å². The van der Waals surface area contributed by atoms with Crippen molar-refractivity contribution in [3.05, 3.63) is 10.4 Å². The minimum Gasteiger partial charge on any atom is -0.481 e. The standard InChI is InChI=1S/C33H57N3O8/c1-7-9-23(35-36-34)17-25-11-13-27(41-25)19(3)31(37)20(4)28-15-16-30(44-28)22(6)33(40)43-24(10-8-2)18-26-12-14-29(42-26)21(5)32(38)39/h19-31,37H,7-18H2,1-6H3,(H,38,39)/t19-,20-,21+,22-,23-,24+,25+,26+,27-,28+,29-,30-,31+/m1/s1. The van der Waals surface area contributed by atoms with Gasteiger partial charge in [-0.2, -0.15) is 0 Å². The summed E-state index contributed by atoms with van der Waals surface area (Å²) in [6.07, 6.45) is 7.64. The Bertz CT molecular complexity index is 961. The molecule has 0 aromatic carbocycles. The van der Waals surface area contributed by atoms with Crippen LogP contribution in [-0.4, -0.2) is 77.0 Å². The zero-order valence-corrected chi connectivity index (χ0v) is 27.7. The summed E-state index contributed by atoms with van der Waals surface area (Å²) in [7, 11) is 0. The number of azide groups is 1. The fourth-order valence-corrected chi connectivity index (χ4v) is 7.29. The average molecular weight is 624 g/mol. The lowest BCUT2D eigenvalue weighted by Gasteiger charge is -2.32. The summed E-state index contributed by atoms with van der Waals surface area (Å²) >= 11 is 0. The second kappa shape index (κ2) is 17.7. The number of rotatable bonds is 18. The molecular formula is C33H57N3O8. The van der Waals surface area contributed by atoms with Crippen molar-refractivity contribution in [3.8, 4) is 0 Å². The number of carboxylic acid groups (broad SMARTS) is 1. The third-order valence-corrected chi connectivity index (χ3v) is 10.3. The average Bonchev–Trinajstić information content (AvgIpc) is 3.77. The largest absolute Gasteiger partial charge is 0.481 e. The van der Waals surface area contributed by atoms with Crippen LogP contribution in [0.15, 0.2) is 5.11 Å². The summed E-state index contributed by atoms with van der Waals surface area (Å²) < 4.78 is 24.7. The molecule has 2 N–H and O–H groups in total. The quantitative estimate of drug-likeness (QED) is 0.0748. The molecule has 0 unspecified atom stereocenters. The van der Waals surface area contributed by atoms with E-state index in [0.717, 1.165) is 57.8 Å². The summed E-state index contributed by atoms with van der Waals surface area (Å²) in [5.41, 5.74) is 8.87. The van der Waals surface area contributed by atoms with Crippen LogP contribution >= 0.6 is 0 Å². The first kappa shape index (κ1) is 36.6. The molecule has 3 fully saturated rings. The van der Waals surface area contributed by atoms with E-state index < -0.39 is 23.9 Å². The van der Waals surface area contributed by atoms with Gasteiger partial charge in [0.2, 0.25) is 0 Å². The van der Waals surface area contributed by atoms with E-state index in [2.05, 4.69) is 23.9 Å². The normalized spacial score (nSPS) is 31.8. The Kier molecular flexibility index (Phi) is 14.7. The number of ether oxygens (including phenoxy) is 4. The van der Waals surface area contributed by atoms with Gasteiger partial charge in [0.25, 0.3) is 0 Å². The lowest BCUT2D eigenvalue weighted by Crippen LogP contribution is -2.40. The van der Waals surface area contributed by atoms with Crippen LogP contribution in [0.5, 0.6) is 0 Å². The first-order valence-electron chi connectivity index (χ1n) is 17.1. The molecule has 0 aliphatic carbocycles. The van der Waals surface area contributed by atoms with Gasteiger partial charge in [-0.3, -0.25) is 9.59 Å². The predicted molar refractivity (Wildman–Crippen MR) is 166 cm³/mol. The van der Waals surface area contributed by atoms with Crippen molar-refractivity contribution in [3.63, 3.8) is 0 Å². The van der Waals surface area contributed by atoms with E-state index in [0.29, 0.717) is 19.3 Å². The molecule has 11 heteroatoms. The first-order chi connectivity index (χ1) is 21.0. The molecule has 0 amide bonds. The number of esters is 1. The van der Waals surface area contributed by atoms with Crippen molar-refractivity contribution in [2.24, 2.45) is 28.8 Å². The zero-order valence-electron chi connectivity index (χ0n) is 27.7. The lowest BCUT2D eigenvalue weighted by molar-refractivity contribution is -0.162. The lowest BCUT2D eigenvalue weighted by atomic mass is 9.84. The molecule has 44 heavy (non-hydrogen) atoms. The highest BCUT2D eigenvalue weighted by Gasteiger charge is 2.42. The zero-order chi connectivity index (χ0) is 32.4. The molecule has 3 saturated heterocycles. The van der Waals surface area contributed by atoms with Crippen molar-refractivity contribution in [1.82, 2.24) is 0 Å². The molecule has 11 nitrogen and oxygen atoms in total. The molecule has 3 aliphatic heterocycles. The van der Waals surface area contributed by atoms with Gasteiger partial charge in [-0.25, -0.2) is 0 Å². The number of carboxylic acids is 1. The summed E-state index contributed by atoms with van der Waals surface area (Å²) in [4.78, 5) is 27.6. The molecule has 0 aromatic heterocycles. The van der Waals surface area contributed by atoms with E-state index in [-0.39, 0.29) is 66.6 Å². The van der Waals surface area contributed by atoms with Crippen LogP contribution in [-0.2, 0) is 28.5 Å². The Morgan fingerprint density at radius 2 is 1.34 bits per heavy atom. The maximum atomic E-state index is 13.2.